The van der Waals surface area contributed by atoms with Gasteiger partial charge >= 0.3 is 0 Å². The van der Waals surface area contributed by atoms with Gasteiger partial charge < -0.3 is 10.1 Å². The molecule has 2 fully saturated rings. The fraction of sp³-hybridized carbons (Fsp3) is 0.600. The van der Waals surface area contributed by atoms with Crippen LogP contribution in [-0.4, -0.2) is 13.2 Å². The lowest BCUT2D eigenvalue weighted by atomic mass is 9.86. The summed E-state index contributed by atoms with van der Waals surface area (Å²) in [6.07, 6.45) is 6.43. The molecule has 0 radical (unpaired) electrons. The van der Waals surface area contributed by atoms with Crippen molar-refractivity contribution in [2.45, 2.75) is 38.1 Å². The highest BCUT2D eigenvalue weighted by Gasteiger charge is 2.22. The van der Waals surface area contributed by atoms with E-state index >= 15 is 0 Å². The summed E-state index contributed by atoms with van der Waals surface area (Å²) in [5.74, 6) is 1.79. The maximum absolute atomic E-state index is 6.11. The second kappa shape index (κ2) is 5.50. The Kier molecular flexibility index (Phi) is 3.76. The van der Waals surface area contributed by atoms with Crippen LogP contribution in [0.25, 0.3) is 0 Å². The molecule has 98 valence electrons. The Labute approximate surface area is 114 Å². The molecule has 1 saturated carbocycles. The van der Waals surface area contributed by atoms with E-state index in [1.807, 2.05) is 12.1 Å². The average Bonchev–Trinajstić information content (AvgIpc) is 2.82. The normalized spacial score (nSPS) is 23.9. The first-order valence-corrected chi connectivity index (χ1v) is 7.36. The molecular formula is C15H20ClNO. The van der Waals surface area contributed by atoms with E-state index in [4.69, 9.17) is 16.3 Å². The van der Waals surface area contributed by atoms with Crippen LogP contribution in [0.5, 0.6) is 5.75 Å². The van der Waals surface area contributed by atoms with Crippen molar-refractivity contribution in [2.75, 3.05) is 13.2 Å². The zero-order valence-corrected chi connectivity index (χ0v) is 11.4. The smallest absolute Gasteiger partial charge is 0.124 e. The third kappa shape index (κ3) is 2.65. The molecule has 2 nitrogen and oxygen atoms in total. The Morgan fingerprint density at radius 3 is 2.78 bits per heavy atom. The number of benzene rings is 1. The van der Waals surface area contributed by atoms with E-state index < -0.39 is 0 Å². The van der Waals surface area contributed by atoms with Gasteiger partial charge in [0.2, 0.25) is 0 Å². The highest BCUT2D eigenvalue weighted by Crippen LogP contribution is 2.34. The lowest BCUT2D eigenvalue weighted by molar-refractivity contribution is 0.179. The number of hydrogen-bond donors (Lipinski definition) is 1. The third-order valence-corrected chi connectivity index (χ3v) is 4.34. The maximum atomic E-state index is 6.11. The van der Waals surface area contributed by atoms with Gasteiger partial charge in [-0.15, -0.1) is 0 Å². The van der Waals surface area contributed by atoms with Crippen molar-refractivity contribution in [3.63, 3.8) is 0 Å². The van der Waals surface area contributed by atoms with E-state index in [0.717, 1.165) is 29.8 Å². The van der Waals surface area contributed by atoms with Crippen molar-refractivity contribution in [2.24, 2.45) is 5.92 Å². The van der Waals surface area contributed by atoms with E-state index in [-0.39, 0.29) is 0 Å². The topological polar surface area (TPSA) is 21.3 Å². The van der Waals surface area contributed by atoms with Gasteiger partial charge in [-0.25, -0.2) is 0 Å². The standard InChI is InChI=1S/C15H20ClNO/c16-12-6-7-15(18-10-11-3-1-4-11)13(9-12)14-5-2-8-17-14/h6-7,9,11,14,17H,1-5,8,10H2. The Bertz CT molecular complexity index is 411. The molecule has 0 amide bonds. The molecule has 1 aromatic rings. The second-order valence-electron chi connectivity index (χ2n) is 5.44. The van der Waals surface area contributed by atoms with Crippen molar-refractivity contribution >= 4 is 11.6 Å². The van der Waals surface area contributed by atoms with Gasteiger partial charge in [-0.1, -0.05) is 18.0 Å². The van der Waals surface area contributed by atoms with Gasteiger partial charge in [0.1, 0.15) is 5.75 Å². The van der Waals surface area contributed by atoms with E-state index in [0.29, 0.717) is 6.04 Å². The lowest BCUT2D eigenvalue weighted by Gasteiger charge is -2.26. The van der Waals surface area contributed by atoms with Gasteiger partial charge in [-0.2, -0.15) is 0 Å². The number of halogens is 1. The van der Waals surface area contributed by atoms with Crippen LogP contribution in [0.2, 0.25) is 5.02 Å². The molecular weight excluding hydrogens is 246 g/mol. The lowest BCUT2D eigenvalue weighted by Crippen LogP contribution is -2.20. The molecule has 18 heavy (non-hydrogen) atoms. The van der Waals surface area contributed by atoms with Crippen molar-refractivity contribution in [1.29, 1.82) is 0 Å². The summed E-state index contributed by atoms with van der Waals surface area (Å²) in [5, 5.41) is 4.32. The summed E-state index contributed by atoms with van der Waals surface area (Å²) in [4.78, 5) is 0. The van der Waals surface area contributed by atoms with Crippen LogP contribution in [0.4, 0.5) is 0 Å². The van der Waals surface area contributed by atoms with Gasteiger partial charge in [0.15, 0.2) is 0 Å². The van der Waals surface area contributed by atoms with Crippen LogP contribution in [0.3, 0.4) is 0 Å². The van der Waals surface area contributed by atoms with Crippen molar-refractivity contribution < 1.29 is 4.74 Å². The van der Waals surface area contributed by atoms with Crippen LogP contribution in [0.1, 0.15) is 43.7 Å². The summed E-state index contributed by atoms with van der Waals surface area (Å²) in [6.45, 7) is 1.96. The molecule has 1 aromatic carbocycles. The van der Waals surface area contributed by atoms with Gasteiger partial charge in [0, 0.05) is 16.6 Å². The predicted molar refractivity (Wildman–Crippen MR) is 74.3 cm³/mol. The molecule has 1 unspecified atom stereocenters. The van der Waals surface area contributed by atoms with Crippen LogP contribution < -0.4 is 10.1 Å². The predicted octanol–water partition coefficient (Wildman–Crippen LogP) is 3.94. The average molecular weight is 266 g/mol. The highest BCUT2D eigenvalue weighted by atomic mass is 35.5. The van der Waals surface area contributed by atoms with E-state index in [1.54, 1.807) is 0 Å². The molecule has 3 rings (SSSR count). The number of rotatable bonds is 4. The maximum Gasteiger partial charge on any atom is 0.124 e. The Balaban J connectivity index is 1.73. The quantitative estimate of drug-likeness (QED) is 0.890. The van der Waals surface area contributed by atoms with Gasteiger partial charge in [0.25, 0.3) is 0 Å². The Hall–Kier alpha value is -0.730. The third-order valence-electron chi connectivity index (χ3n) is 4.11. The second-order valence-corrected chi connectivity index (χ2v) is 5.88. The van der Waals surface area contributed by atoms with Gasteiger partial charge in [-0.05, 0) is 56.3 Å². The fourth-order valence-corrected chi connectivity index (χ4v) is 2.92. The molecule has 1 N–H and O–H groups in total. The minimum Gasteiger partial charge on any atom is -0.493 e. The molecule has 1 aliphatic heterocycles. The number of hydrogen-bond acceptors (Lipinski definition) is 2. The summed E-state index contributed by atoms with van der Waals surface area (Å²) in [6, 6.07) is 6.42. The largest absolute Gasteiger partial charge is 0.493 e. The van der Waals surface area contributed by atoms with Gasteiger partial charge in [0.05, 0.1) is 6.61 Å². The van der Waals surface area contributed by atoms with E-state index in [1.165, 1.54) is 37.7 Å². The summed E-state index contributed by atoms with van der Waals surface area (Å²) in [7, 11) is 0. The van der Waals surface area contributed by atoms with Gasteiger partial charge in [-0.3, -0.25) is 0 Å². The molecule has 1 saturated heterocycles. The minimum atomic E-state index is 0.417. The molecule has 2 aliphatic rings. The van der Waals surface area contributed by atoms with E-state index in [9.17, 15) is 0 Å². The minimum absolute atomic E-state index is 0.417. The summed E-state index contributed by atoms with van der Waals surface area (Å²) in [5.41, 5.74) is 1.24. The van der Waals surface area contributed by atoms with Crippen LogP contribution in [0.15, 0.2) is 18.2 Å². The van der Waals surface area contributed by atoms with Crippen LogP contribution >= 0.6 is 11.6 Å². The summed E-state index contributed by atoms with van der Waals surface area (Å²) >= 11 is 6.11. The molecule has 0 spiro atoms. The first-order chi connectivity index (χ1) is 8.83. The summed E-state index contributed by atoms with van der Waals surface area (Å²) < 4.78 is 6.01. The zero-order chi connectivity index (χ0) is 12.4. The Morgan fingerprint density at radius 2 is 2.11 bits per heavy atom. The van der Waals surface area contributed by atoms with Crippen molar-refractivity contribution in [3.05, 3.63) is 28.8 Å². The number of nitrogens with one attached hydrogen (secondary N) is 1. The molecule has 1 aliphatic carbocycles. The fourth-order valence-electron chi connectivity index (χ4n) is 2.74. The van der Waals surface area contributed by atoms with Crippen LogP contribution in [-0.2, 0) is 0 Å². The monoisotopic (exact) mass is 265 g/mol. The molecule has 1 atom stereocenters. The molecule has 0 aromatic heterocycles. The molecule has 0 bridgehead atoms. The molecule has 1 heterocycles. The zero-order valence-electron chi connectivity index (χ0n) is 10.6. The first kappa shape index (κ1) is 12.3. The Morgan fingerprint density at radius 1 is 1.22 bits per heavy atom. The first-order valence-electron chi connectivity index (χ1n) is 6.98. The number of ether oxygens (including phenoxy) is 1. The van der Waals surface area contributed by atoms with Crippen molar-refractivity contribution in [1.82, 2.24) is 5.32 Å². The SMILES string of the molecule is Clc1ccc(OCC2CCC2)c(C2CCCN2)c1. The highest BCUT2D eigenvalue weighted by molar-refractivity contribution is 6.30. The van der Waals surface area contributed by atoms with Crippen LogP contribution in [0, 0.1) is 5.92 Å². The van der Waals surface area contributed by atoms with Crippen molar-refractivity contribution in [3.8, 4) is 5.75 Å². The molecule has 3 heteroatoms. The van der Waals surface area contributed by atoms with E-state index in [2.05, 4.69) is 11.4 Å².